The molecule has 0 radical (unpaired) electrons. The second-order valence-electron chi connectivity index (χ2n) is 6.71. The van der Waals surface area contributed by atoms with Crippen LogP contribution in [0.5, 0.6) is 0 Å². The molecule has 1 aliphatic carbocycles. The van der Waals surface area contributed by atoms with E-state index in [4.69, 9.17) is 9.84 Å². The topological polar surface area (TPSA) is 75.6 Å². The van der Waals surface area contributed by atoms with Gasteiger partial charge in [-0.25, -0.2) is 4.79 Å². The van der Waals surface area contributed by atoms with E-state index < -0.39 is 5.97 Å². The molecule has 2 N–H and O–H groups in total. The van der Waals surface area contributed by atoms with E-state index in [1.165, 1.54) is 12.8 Å². The fourth-order valence-electron chi connectivity index (χ4n) is 2.66. The van der Waals surface area contributed by atoms with Crippen molar-refractivity contribution in [3.05, 3.63) is 65.2 Å². The first-order valence-electron chi connectivity index (χ1n) is 8.89. The van der Waals surface area contributed by atoms with Gasteiger partial charge in [-0.15, -0.1) is 0 Å². The van der Waals surface area contributed by atoms with Crippen LogP contribution in [0.4, 0.5) is 5.69 Å². The number of rotatable bonds is 9. The van der Waals surface area contributed by atoms with Crippen LogP contribution in [0.1, 0.15) is 40.7 Å². The number of hydrogen-bond donors (Lipinski definition) is 2. The maximum Gasteiger partial charge on any atom is 0.335 e. The Morgan fingerprint density at radius 1 is 1.08 bits per heavy atom. The number of amides is 1. The summed E-state index contributed by atoms with van der Waals surface area (Å²) in [5, 5.41) is 11.8. The second-order valence-corrected chi connectivity index (χ2v) is 6.71. The van der Waals surface area contributed by atoms with E-state index in [0.29, 0.717) is 19.4 Å². The summed E-state index contributed by atoms with van der Waals surface area (Å²) in [5.41, 5.74) is 3.00. The first-order chi connectivity index (χ1) is 12.6. The predicted molar refractivity (Wildman–Crippen MR) is 99.2 cm³/mol. The minimum atomic E-state index is -0.949. The summed E-state index contributed by atoms with van der Waals surface area (Å²) in [6.07, 6.45) is 3.45. The van der Waals surface area contributed by atoms with Crippen molar-refractivity contribution in [3.63, 3.8) is 0 Å². The van der Waals surface area contributed by atoms with E-state index in [0.717, 1.165) is 29.3 Å². The number of aromatic carboxylic acids is 1. The molecule has 0 spiro atoms. The minimum Gasteiger partial charge on any atom is -0.478 e. The lowest BCUT2D eigenvalue weighted by Gasteiger charge is -2.08. The smallest absolute Gasteiger partial charge is 0.335 e. The maximum absolute atomic E-state index is 12.1. The molecule has 0 atom stereocenters. The molecule has 1 amide bonds. The van der Waals surface area contributed by atoms with E-state index in [1.54, 1.807) is 24.3 Å². The Kier molecular flexibility index (Phi) is 6.02. The number of ether oxygens (including phenoxy) is 1. The van der Waals surface area contributed by atoms with Crippen LogP contribution in [0, 0.1) is 5.92 Å². The highest BCUT2D eigenvalue weighted by molar-refractivity contribution is 5.91. The van der Waals surface area contributed by atoms with Crippen molar-refractivity contribution < 1.29 is 19.4 Å². The van der Waals surface area contributed by atoms with Crippen LogP contribution in [0.25, 0.3) is 0 Å². The van der Waals surface area contributed by atoms with Gasteiger partial charge in [0.25, 0.3) is 0 Å². The van der Waals surface area contributed by atoms with Crippen LogP contribution in [0.15, 0.2) is 48.5 Å². The summed E-state index contributed by atoms with van der Waals surface area (Å²) in [6, 6.07) is 14.3. The molecular weight excluding hydrogens is 330 g/mol. The number of carbonyl (C=O) groups excluding carboxylic acids is 1. The molecule has 0 aliphatic heterocycles. The van der Waals surface area contributed by atoms with Crippen molar-refractivity contribution in [1.29, 1.82) is 0 Å². The molecule has 0 aromatic heterocycles. The van der Waals surface area contributed by atoms with Crippen molar-refractivity contribution in [2.45, 2.75) is 32.3 Å². The molecule has 2 aromatic rings. The van der Waals surface area contributed by atoms with Crippen LogP contribution in [0.3, 0.4) is 0 Å². The summed E-state index contributed by atoms with van der Waals surface area (Å²) in [6.45, 7) is 1.38. The van der Waals surface area contributed by atoms with Gasteiger partial charge in [0, 0.05) is 18.7 Å². The SMILES string of the molecule is O=C(CCc1ccc(C(=O)O)cc1)Nc1cccc(COCC2CC2)c1. The van der Waals surface area contributed by atoms with Crippen molar-refractivity contribution in [2.75, 3.05) is 11.9 Å². The van der Waals surface area contributed by atoms with Gasteiger partial charge in [0.2, 0.25) is 5.91 Å². The third-order valence-corrected chi connectivity index (χ3v) is 4.37. The Balaban J connectivity index is 1.45. The van der Waals surface area contributed by atoms with Gasteiger partial charge in [0.05, 0.1) is 12.2 Å². The highest BCUT2D eigenvalue weighted by Gasteiger charge is 2.21. The molecule has 26 heavy (non-hydrogen) atoms. The summed E-state index contributed by atoms with van der Waals surface area (Å²) < 4.78 is 5.68. The number of carbonyl (C=O) groups is 2. The molecule has 136 valence electrons. The van der Waals surface area contributed by atoms with E-state index in [2.05, 4.69) is 5.32 Å². The third kappa shape index (κ3) is 5.70. The molecule has 2 aromatic carbocycles. The fourth-order valence-corrected chi connectivity index (χ4v) is 2.66. The summed E-state index contributed by atoms with van der Waals surface area (Å²) in [7, 11) is 0. The van der Waals surface area contributed by atoms with Gasteiger partial charge in [0.15, 0.2) is 0 Å². The Morgan fingerprint density at radius 3 is 2.54 bits per heavy atom. The normalized spacial score (nSPS) is 13.4. The van der Waals surface area contributed by atoms with Gasteiger partial charge < -0.3 is 15.2 Å². The lowest BCUT2D eigenvalue weighted by Crippen LogP contribution is -2.12. The maximum atomic E-state index is 12.1. The molecule has 1 aliphatic rings. The number of carboxylic acid groups (broad SMARTS) is 1. The lowest BCUT2D eigenvalue weighted by atomic mass is 10.1. The second kappa shape index (κ2) is 8.63. The molecule has 0 saturated heterocycles. The number of aryl methyl sites for hydroxylation is 1. The first kappa shape index (κ1) is 18.1. The fraction of sp³-hybridized carbons (Fsp3) is 0.333. The monoisotopic (exact) mass is 353 g/mol. The van der Waals surface area contributed by atoms with Crippen molar-refractivity contribution >= 4 is 17.6 Å². The van der Waals surface area contributed by atoms with Crippen LogP contribution >= 0.6 is 0 Å². The highest BCUT2D eigenvalue weighted by Crippen LogP contribution is 2.29. The standard InChI is InChI=1S/C21H23NO4/c23-20(11-8-15-6-9-18(10-7-15)21(24)25)22-19-3-1-2-17(12-19)14-26-13-16-4-5-16/h1-3,6-7,9-10,12,16H,4-5,8,11,13-14H2,(H,22,23)(H,24,25). The van der Waals surface area contributed by atoms with Gasteiger partial charge in [-0.2, -0.15) is 0 Å². The molecule has 0 heterocycles. The Bertz CT molecular complexity index is 766. The molecule has 0 bridgehead atoms. The quantitative estimate of drug-likeness (QED) is 0.717. The Morgan fingerprint density at radius 2 is 1.85 bits per heavy atom. The number of hydrogen-bond acceptors (Lipinski definition) is 3. The Labute approximate surface area is 153 Å². The molecule has 1 saturated carbocycles. The first-order valence-corrected chi connectivity index (χ1v) is 8.89. The van der Waals surface area contributed by atoms with Gasteiger partial charge in [-0.1, -0.05) is 24.3 Å². The van der Waals surface area contributed by atoms with E-state index in [-0.39, 0.29) is 11.5 Å². The largest absolute Gasteiger partial charge is 0.478 e. The van der Waals surface area contributed by atoms with Crippen molar-refractivity contribution in [1.82, 2.24) is 0 Å². The van der Waals surface area contributed by atoms with E-state index >= 15 is 0 Å². The third-order valence-electron chi connectivity index (χ3n) is 4.37. The van der Waals surface area contributed by atoms with Gasteiger partial charge in [0.1, 0.15) is 0 Å². The molecular formula is C21H23NO4. The number of anilines is 1. The average molecular weight is 353 g/mol. The van der Waals surface area contributed by atoms with Gasteiger partial charge in [-0.3, -0.25) is 4.79 Å². The molecule has 5 heteroatoms. The summed E-state index contributed by atoms with van der Waals surface area (Å²) in [4.78, 5) is 23.0. The molecule has 3 rings (SSSR count). The predicted octanol–water partition coefficient (Wildman–Crippen LogP) is 3.88. The van der Waals surface area contributed by atoms with E-state index in [1.807, 2.05) is 24.3 Å². The van der Waals surface area contributed by atoms with Crippen LogP contribution in [-0.2, 0) is 22.6 Å². The minimum absolute atomic E-state index is 0.0663. The zero-order chi connectivity index (χ0) is 18.4. The van der Waals surface area contributed by atoms with Crippen LogP contribution in [0.2, 0.25) is 0 Å². The summed E-state index contributed by atoms with van der Waals surface area (Å²) in [5.74, 6) is -0.277. The number of benzene rings is 2. The summed E-state index contributed by atoms with van der Waals surface area (Å²) >= 11 is 0. The van der Waals surface area contributed by atoms with Crippen molar-refractivity contribution in [3.8, 4) is 0 Å². The van der Waals surface area contributed by atoms with Gasteiger partial charge >= 0.3 is 5.97 Å². The van der Waals surface area contributed by atoms with Gasteiger partial charge in [-0.05, 0) is 60.6 Å². The van der Waals surface area contributed by atoms with Crippen LogP contribution < -0.4 is 5.32 Å². The number of nitrogens with one attached hydrogen (secondary N) is 1. The molecule has 0 unspecified atom stereocenters. The average Bonchev–Trinajstić information content (AvgIpc) is 3.45. The van der Waals surface area contributed by atoms with E-state index in [9.17, 15) is 9.59 Å². The zero-order valence-corrected chi connectivity index (χ0v) is 14.6. The van der Waals surface area contributed by atoms with Crippen LogP contribution in [-0.4, -0.2) is 23.6 Å². The number of carboxylic acids is 1. The molecule has 1 fully saturated rings. The highest BCUT2D eigenvalue weighted by atomic mass is 16.5. The Hall–Kier alpha value is -2.66. The lowest BCUT2D eigenvalue weighted by molar-refractivity contribution is -0.116. The molecule has 5 nitrogen and oxygen atoms in total. The zero-order valence-electron chi connectivity index (χ0n) is 14.6. The van der Waals surface area contributed by atoms with Crippen molar-refractivity contribution in [2.24, 2.45) is 5.92 Å².